The maximum absolute atomic E-state index is 10.1. The van der Waals surface area contributed by atoms with E-state index in [0.717, 1.165) is 19.3 Å². The van der Waals surface area contributed by atoms with E-state index in [-0.39, 0.29) is 6.04 Å². The predicted octanol–water partition coefficient (Wildman–Crippen LogP) is 5.50. The molecule has 150 valence electrons. The standard InChI is InChI=1S/C23H41NO2/c1-4-5-6-7-8-9-10-11-15-18-23(24(20(2)25)21(3)26)19-22-16-13-12-14-17-22/h12-14,16-17,20-21,23,25-26H,4-11,15,18-19H2,1-3H3. The second kappa shape index (κ2) is 14.2. The van der Waals surface area contributed by atoms with Gasteiger partial charge in [-0.2, -0.15) is 0 Å². The van der Waals surface area contributed by atoms with Gasteiger partial charge in [0.1, 0.15) is 12.5 Å². The molecule has 1 aromatic rings. The van der Waals surface area contributed by atoms with Gasteiger partial charge in [-0.15, -0.1) is 0 Å². The minimum Gasteiger partial charge on any atom is -0.379 e. The summed E-state index contributed by atoms with van der Waals surface area (Å²) in [6.45, 7) is 5.76. The SMILES string of the molecule is CCCCCCCCCCCC(Cc1ccccc1)N(C(C)O)C(C)O. The van der Waals surface area contributed by atoms with E-state index < -0.39 is 12.5 Å². The van der Waals surface area contributed by atoms with Crippen molar-refractivity contribution in [3.63, 3.8) is 0 Å². The number of benzene rings is 1. The van der Waals surface area contributed by atoms with E-state index in [1.54, 1.807) is 13.8 Å². The van der Waals surface area contributed by atoms with Crippen LogP contribution >= 0.6 is 0 Å². The molecule has 0 radical (unpaired) electrons. The number of aliphatic hydroxyl groups is 2. The lowest BCUT2D eigenvalue weighted by Crippen LogP contribution is -2.48. The van der Waals surface area contributed by atoms with Crippen LogP contribution in [0.2, 0.25) is 0 Å². The van der Waals surface area contributed by atoms with Gasteiger partial charge in [0, 0.05) is 6.04 Å². The highest BCUT2D eigenvalue weighted by Crippen LogP contribution is 2.20. The fourth-order valence-electron chi connectivity index (χ4n) is 3.86. The van der Waals surface area contributed by atoms with Crippen molar-refractivity contribution in [2.24, 2.45) is 0 Å². The van der Waals surface area contributed by atoms with E-state index in [1.165, 1.54) is 56.9 Å². The summed E-state index contributed by atoms with van der Waals surface area (Å²) in [6, 6.07) is 10.6. The van der Waals surface area contributed by atoms with Gasteiger partial charge in [-0.25, -0.2) is 4.90 Å². The molecule has 26 heavy (non-hydrogen) atoms. The molecule has 2 N–H and O–H groups in total. The van der Waals surface area contributed by atoms with E-state index in [0.29, 0.717) is 0 Å². The van der Waals surface area contributed by atoms with E-state index in [1.807, 2.05) is 11.0 Å². The van der Waals surface area contributed by atoms with Crippen LogP contribution in [-0.2, 0) is 6.42 Å². The fourth-order valence-corrected chi connectivity index (χ4v) is 3.86. The molecule has 0 spiro atoms. The lowest BCUT2D eigenvalue weighted by atomic mass is 9.97. The molecule has 0 aromatic heterocycles. The Morgan fingerprint density at radius 3 is 1.77 bits per heavy atom. The first kappa shape index (κ1) is 23.1. The first-order valence-electron chi connectivity index (χ1n) is 10.7. The van der Waals surface area contributed by atoms with Crippen molar-refractivity contribution in [1.82, 2.24) is 4.90 Å². The van der Waals surface area contributed by atoms with Crippen molar-refractivity contribution >= 4 is 0 Å². The zero-order valence-corrected chi connectivity index (χ0v) is 17.2. The van der Waals surface area contributed by atoms with Crippen LogP contribution in [0.5, 0.6) is 0 Å². The second-order valence-electron chi connectivity index (χ2n) is 7.67. The number of hydrogen-bond donors (Lipinski definition) is 2. The summed E-state index contributed by atoms with van der Waals surface area (Å²) in [7, 11) is 0. The van der Waals surface area contributed by atoms with Gasteiger partial charge in [-0.1, -0.05) is 95.0 Å². The average Bonchev–Trinajstić information content (AvgIpc) is 2.60. The van der Waals surface area contributed by atoms with Crippen molar-refractivity contribution in [3.05, 3.63) is 35.9 Å². The zero-order valence-electron chi connectivity index (χ0n) is 17.2. The molecular formula is C23H41NO2. The first-order valence-corrected chi connectivity index (χ1v) is 10.7. The quantitative estimate of drug-likeness (QED) is 0.319. The van der Waals surface area contributed by atoms with Crippen LogP contribution in [0, 0.1) is 0 Å². The predicted molar refractivity (Wildman–Crippen MR) is 111 cm³/mol. The number of hydrogen-bond acceptors (Lipinski definition) is 3. The van der Waals surface area contributed by atoms with Crippen LogP contribution in [-0.4, -0.2) is 33.6 Å². The molecule has 0 aliphatic heterocycles. The monoisotopic (exact) mass is 363 g/mol. The second-order valence-corrected chi connectivity index (χ2v) is 7.67. The highest BCUT2D eigenvalue weighted by molar-refractivity contribution is 5.16. The molecule has 0 fully saturated rings. The van der Waals surface area contributed by atoms with Crippen molar-refractivity contribution < 1.29 is 10.2 Å². The van der Waals surface area contributed by atoms with Crippen molar-refractivity contribution in [1.29, 1.82) is 0 Å². The van der Waals surface area contributed by atoms with E-state index in [4.69, 9.17) is 0 Å². The van der Waals surface area contributed by atoms with E-state index >= 15 is 0 Å². The van der Waals surface area contributed by atoms with Gasteiger partial charge in [-0.3, -0.25) is 0 Å². The van der Waals surface area contributed by atoms with Crippen LogP contribution in [0.15, 0.2) is 30.3 Å². The van der Waals surface area contributed by atoms with Crippen molar-refractivity contribution in [2.45, 2.75) is 110 Å². The van der Waals surface area contributed by atoms with Crippen LogP contribution < -0.4 is 0 Å². The molecule has 0 heterocycles. The fraction of sp³-hybridized carbons (Fsp3) is 0.739. The van der Waals surface area contributed by atoms with Crippen LogP contribution in [0.4, 0.5) is 0 Å². The maximum Gasteiger partial charge on any atom is 0.106 e. The van der Waals surface area contributed by atoms with Gasteiger partial charge in [0.25, 0.3) is 0 Å². The normalized spacial score (nSPS) is 15.2. The Morgan fingerprint density at radius 1 is 0.769 bits per heavy atom. The van der Waals surface area contributed by atoms with Crippen molar-refractivity contribution in [3.8, 4) is 0 Å². The van der Waals surface area contributed by atoms with Gasteiger partial charge in [0.2, 0.25) is 0 Å². The van der Waals surface area contributed by atoms with Gasteiger partial charge in [-0.05, 0) is 32.3 Å². The van der Waals surface area contributed by atoms with Gasteiger partial charge in [0.05, 0.1) is 0 Å². The van der Waals surface area contributed by atoms with Crippen molar-refractivity contribution in [2.75, 3.05) is 0 Å². The lowest BCUT2D eigenvalue weighted by molar-refractivity contribution is -0.111. The summed E-state index contributed by atoms with van der Waals surface area (Å²) in [4.78, 5) is 1.84. The molecule has 0 aliphatic carbocycles. The third-order valence-corrected chi connectivity index (χ3v) is 5.24. The number of rotatable bonds is 15. The van der Waals surface area contributed by atoms with Crippen LogP contribution in [0.3, 0.4) is 0 Å². The molecule has 0 saturated carbocycles. The molecule has 3 atom stereocenters. The Balaban J connectivity index is 2.42. The third kappa shape index (κ3) is 9.70. The number of unbranched alkanes of at least 4 members (excludes halogenated alkanes) is 8. The Kier molecular flexibility index (Phi) is 12.6. The van der Waals surface area contributed by atoms with Crippen LogP contribution in [0.25, 0.3) is 0 Å². The number of nitrogens with zero attached hydrogens (tertiary/aromatic N) is 1. The highest BCUT2D eigenvalue weighted by Gasteiger charge is 2.25. The van der Waals surface area contributed by atoms with Gasteiger partial charge < -0.3 is 10.2 Å². The molecule has 3 heteroatoms. The molecule has 1 rings (SSSR count). The molecule has 1 aromatic carbocycles. The van der Waals surface area contributed by atoms with Gasteiger partial charge >= 0.3 is 0 Å². The maximum atomic E-state index is 10.1. The molecule has 0 aliphatic rings. The summed E-state index contributed by atoms with van der Waals surface area (Å²) >= 11 is 0. The zero-order chi connectivity index (χ0) is 19.2. The molecular weight excluding hydrogens is 322 g/mol. The Morgan fingerprint density at radius 2 is 1.27 bits per heavy atom. The van der Waals surface area contributed by atoms with E-state index in [9.17, 15) is 10.2 Å². The Hall–Kier alpha value is -0.900. The summed E-state index contributed by atoms with van der Waals surface area (Å²) < 4.78 is 0. The molecule has 0 saturated heterocycles. The lowest BCUT2D eigenvalue weighted by Gasteiger charge is -2.36. The first-order chi connectivity index (χ1) is 12.6. The third-order valence-electron chi connectivity index (χ3n) is 5.24. The topological polar surface area (TPSA) is 43.7 Å². The van der Waals surface area contributed by atoms with E-state index in [2.05, 4.69) is 31.2 Å². The minimum absolute atomic E-state index is 0.168. The summed E-state index contributed by atoms with van der Waals surface area (Å²) in [6.07, 6.45) is 12.4. The van der Waals surface area contributed by atoms with Crippen LogP contribution in [0.1, 0.15) is 90.5 Å². The number of aliphatic hydroxyl groups excluding tert-OH is 2. The molecule has 3 nitrogen and oxygen atoms in total. The highest BCUT2D eigenvalue weighted by atomic mass is 16.3. The smallest absolute Gasteiger partial charge is 0.106 e. The summed E-state index contributed by atoms with van der Waals surface area (Å²) in [5.74, 6) is 0. The molecule has 3 unspecified atom stereocenters. The Labute approximate surface area is 161 Å². The minimum atomic E-state index is -0.637. The largest absolute Gasteiger partial charge is 0.379 e. The van der Waals surface area contributed by atoms with Gasteiger partial charge in [0.15, 0.2) is 0 Å². The summed E-state index contributed by atoms with van der Waals surface area (Å²) in [5, 5.41) is 20.3. The Bertz CT molecular complexity index is 425. The average molecular weight is 364 g/mol. The molecule has 0 amide bonds. The molecule has 0 bridgehead atoms. The summed E-state index contributed by atoms with van der Waals surface area (Å²) in [5.41, 5.74) is 1.26.